The van der Waals surface area contributed by atoms with Crippen molar-refractivity contribution in [2.75, 3.05) is 5.32 Å². The van der Waals surface area contributed by atoms with Crippen molar-refractivity contribution in [2.45, 2.75) is 13.5 Å². The van der Waals surface area contributed by atoms with Crippen molar-refractivity contribution < 1.29 is 0 Å². The zero-order valence-corrected chi connectivity index (χ0v) is 12.3. The molecule has 3 aromatic rings. The van der Waals surface area contributed by atoms with Gasteiger partial charge in [0, 0.05) is 43.7 Å². The van der Waals surface area contributed by atoms with Crippen LogP contribution in [0.5, 0.6) is 0 Å². The maximum absolute atomic E-state index is 4.34. The van der Waals surface area contributed by atoms with Gasteiger partial charge >= 0.3 is 0 Å². The van der Waals surface area contributed by atoms with E-state index in [9.17, 15) is 0 Å². The van der Waals surface area contributed by atoms with E-state index in [4.69, 9.17) is 0 Å². The van der Waals surface area contributed by atoms with Crippen LogP contribution >= 0.6 is 0 Å². The molecule has 2 aromatic heterocycles. The molecular formula is C14H17N7. The Morgan fingerprint density at radius 3 is 2.76 bits per heavy atom. The average Bonchev–Trinajstić information content (AvgIpc) is 3.02. The van der Waals surface area contributed by atoms with E-state index in [0.29, 0.717) is 0 Å². The number of nitrogens with zero attached hydrogens (tertiary/aromatic N) is 6. The molecule has 0 radical (unpaired) electrons. The van der Waals surface area contributed by atoms with Gasteiger partial charge in [0.1, 0.15) is 0 Å². The fraction of sp³-hybridized carbons (Fsp3) is 0.286. The number of anilines is 1. The van der Waals surface area contributed by atoms with Crippen LogP contribution in [0.1, 0.15) is 11.3 Å². The van der Waals surface area contributed by atoms with Crippen LogP contribution in [0.15, 0.2) is 30.5 Å². The molecule has 0 aliphatic heterocycles. The number of tetrazole rings is 1. The monoisotopic (exact) mass is 283 g/mol. The van der Waals surface area contributed by atoms with Gasteiger partial charge in [0.05, 0.1) is 5.69 Å². The Morgan fingerprint density at radius 1 is 1.24 bits per heavy atom. The summed E-state index contributed by atoms with van der Waals surface area (Å²) in [6, 6.07) is 8.05. The fourth-order valence-electron chi connectivity index (χ4n) is 2.26. The number of aromatic nitrogens is 6. The third-order valence-corrected chi connectivity index (χ3v) is 3.34. The summed E-state index contributed by atoms with van der Waals surface area (Å²) in [5.41, 5.74) is 4.23. The Kier molecular flexibility index (Phi) is 3.39. The predicted molar refractivity (Wildman–Crippen MR) is 79.5 cm³/mol. The van der Waals surface area contributed by atoms with E-state index in [0.717, 1.165) is 29.3 Å². The highest BCUT2D eigenvalue weighted by atomic mass is 15.5. The molecule has 1 N–H and O–H groups in total. The van der Waals surface area contributed by atoms with E-state index in [1.165, 1.54) is 5.56 Å². The Morgan fingerprint density at radius 2 is 2.10 bits per heavy atom. The Labute approximate surface area is 122 Å². The van der Waals surface area contributed by atoms with Crippen LogP contribution < -0.4 is 5.32 Å². The Balaban J connectivity index is 1.78. The van der Waals surface area contributed by atoms with Crippen molar-refractivity contribution in [3.8, 4) is 11.4 Å². The lowest BCUT2D eigenvalue weighted by atomic mass is 10.2. The summed E-state index contributed by atoms with van der Waals surface area (Å²) in [5.74, 6) is 0.746. The summed E-state index contributed by atoms with van der Waals surface area (Å²) >= 11 is 0. The van der Waals surface area contributed by atoms with Gasteiger partial charge in [0.15, 0.2) is 5.82 Å². The van der Waals surface area contributed by atoms with Gasteiger partial charge in [0.2, 0.25) is 0 Å². The van der Waals surface area contributed by atoms with Crippen LogP contribution in [0.25, 0.3) is 11.4 Å². The molecule has 7 nitrogen and oxygen atoms in total. The zero-order valence-electron chi connectivity index (χ0n) is 12.3. The lowest BCUT2D eigenvalue weighted by Crippen LogP contribution is -2.00. The second kappa shape index (κ2) is 5.35. The maximum Gasteiger partial charge on any atom is 0.181 e. The minimum atomic E-state index is 0.736. The predicted octanol–water partition coefficient (Wildman–Crippen LogP) is 1.53. The van der Waals surface area contributed by atoms with E-state index >= 15 is 0 Å². The summed E-state index contributed by atoms with van der Waals surface area (Å²) in [6.45, 7) is 2.75. The molecule has 0 saturated carbocycles. The molecular weight excluding hydrogens is 266 g/mol. The molecule has 7 heteroatoms. The zero-order chi connectivity index (χ0) is 14.8. The molecule has 2 heterocycles. The van der Waals surface area contributed by atoms with Crippen molar-refractivity contribution in [3.63, 3.8) is 0 Å². The normalized spacial score (nSPS) is 10.8. The van der Waals surface area contributed by atoms with Crippen LogP contribution in [0.4, 0.5) is 5.69 Å². The highest BCUT2D eigenvalue weighted by Crippen LogP contribution is 2.20. The average molecular weight is 283 g/mol. The summed E-state index contributed by atoms with van der Waals surface area (Å²) in [6.07, 6.45) is 2.03. The van der Waals surface area contributed by atoms with Crippen LogP contribution in [-0.4, -0.2) is 30.0 Å². The molecule has 0 unspecified atom stereocenters. The summed E-state index contributed by atoms with van der Waals surface area (Å²) < 4.78 is 3.48. The summed E-state index contributed by atoms with van der Waals surface area (Å²) in [4.78, 5) is 0. The van der Waals surface area contributed by atoms with Crippen molar-refractivity contribution in [1.82, 2.24) is 30.0 Å². The van der Waals surface area contributed by atoms with E-state index in [1.54, 1.807) is 4.68 Å². The van der Waals surface area contributed by atoms with E-state index in [2.05, 4.69) is 25.9 Å². The van der Waals surface area contributed by atoms with Gasteiger partial charge in [-0.15, -0.1) is 5.10 Å². The van der Waals surface area contributed by atoms with E-state index in [1.807, 2.05) is 56.2 Å². The molecule has 3 rings (SSSR count). The standard InChI is InChI=1S/C14H17N7/c1-10-12(9-20(2)17-10)8-15-13-6-4-5-11(7-13)14-16-18-19-21(14)3/h4-7,9,15H,8H2,1-3H3. The molecule has 108 valence electrons. The van der Waals surface area contributed by atoms with Crippen molar-refractivity contribution in [3.05, 3.63) is 41.7 Å². The van der Waals surface area contributed by atoms with Gasteiger partial charge in [0.25, 0.3) is 0 Å². The lowest BCUT2D eigenvalue weighted by Gasteiger charge is -2.07. The highest BCUT2D eigenvalue weighted by Gasteiger charge is 2.07. The van der Waals surface area contributed by atoms with Crippen LogP contribution in [0.2, 0.25) is 0 Å². The SMILES string of the molecule is Cc1nn(C)cc1CNc1cccc(-c2nnnn2C)c1. The van der Waals surface area contributed by atoms with Gasteiger partial charge in [-0.05, 0) is 29.5 Å². The highest BCUT2D eigenvalue weighted by molar-refractivity contribution is 5.62. The number of benzene rings is 1. The van der Waals surface area contributed by atoms with E-state index < -0.39 is 0 Å². The van der Waals surface area contributed by atoms with Gasteiger partial charge < -0.3 is 5.32 Å². The first-order chi connectivity index (χ1) is 10.1. The van der Waals surface area contributed by atoms with Gasteiger partial charge in [-0.3, -0.25) is 4.68 Å². The molecule has 0 saturated heterocycles. The minimum absolute atomic E-state index is 0.736. The second-order valence-electron chi connectivity index (χ2n) is 4.97. The van der Waals surface area contributed by atoms with Gasteiger partial charge in [-0.1, -0.05) is 12.1 Å². The first-order valence-corrected chi connectivity index (χ1v) is 6.69. The number of hydrogen-bond acceptors (Lipinski definition) is 5. The smallest absolute Gasteiger partial charge is 0.181 e. The first-order valence-electron chi connectivity index (χ1n) is 6.69. The molecule has 1 aromatic carbocycles. The van der Waals surface area contributed by atoms with Crippen molar-refractivity contribution in [2.24, 2.45) is 14.1 Å². The first kappa shape index (κ1) is 13.3. The van der Waals surface area contributed by atoms with Crippen molar-refractivity contribution >= 4 is 5.69 Å². The minimum Gasteiger partial charge on any atom is -0.381 e. The van der Waals surface area contributed by atoms with E-state index in [-0.39, 0.29) is 0 Å². The topological polar surface area (TPSA) is 73.5 Å². The van der Waals surface area contributed by atoms with Crippen molar-refractivity contribution in [1.29, 1.82) is 0 Å². The van der Waals surface area contributed by atoms with Gasteiger partial charge in [-0.25, -0.2) is 4.68 Å². The largest absolute Gasteiger partial charge is 0.381 e. The lowest BCUT2D eigenvalue weighted by molar-refractivity contribution is 0.714. The number of rotatable bonds is 4. The number of nitrogens with one attached hydrogen (secondary N) is 1. The number of aryl methyl sites for hydroxylation is 3. The van der Waals surface area contributed by atoms with Crippen LogP contribution in [-0.2, 0) is 20.6 Å². The third-order valence-electron chi connectivity index (χ3n) is 3.34. The summed E-state index contributed by atoms with van der Waals surface area (Å²) in [7, 11) is 3.76. The quantitative estimate of drug-likeness (QED) is 0.786. The molecule has 0 spiro atoms. The fourth-order valence-corrected chi connectivity index (χ4v) is 2.26. The van der Waals surface area contributed by atoms with Gasteiger partial charge in [-0.2, -0.15) is 5.10 Å². The molecule has 0 aliphatic carbocycles. The molecule has 21 heavy (non-hydrogen) atoms. The third kappa shape index (κ3) is 2.76. The van der Waals surface area contributed by atoms with Crippen LogP contribution in [0.3, 0.4) is 0 Å². The number of hydrogen-bond donors (Lipinski definition) is 1. The van der Waals surface area contributed by atoms with Crippen LogP contribution in [0, 0.1) is 6.92 Å². The molecule has 0 amide bonds. The molecule has 0 fully saturated rings. The molecule has 0 atom stereocenters. The molecule has 0 aliphatic rings. The second-order valence-corrected chi connectivity index (χ2v) is 4.97. The maximum atomic E-state index is 4.34. The Hall–Kier alpha value is -2.70. The summed E-state index contributed by atoms with van der Waals surface area (Å²) in [5, 5.41) is 19.3. The molecule has 0 bridgehead atoms. The Bertz CT molecular complexity index is 756.